The van der Waals surface area contributed by atoms with E-state index in [1.54, 1.807) is 0 Å². The minimum atomic E-state index is -0.743. The Morgan fingerprint density at radius 1 is 0.706 bits per heavy atom. The van der Waals surface area contributed by atoms with E-state index in [-0.39, 0.29) is 5.91 Å². The Morgan fingerprint density at radius 2 is 1.26 bits per heavy atom. The summed E-state index contributed by atoms with van der Waals surface area (Å²) >= 11 is 6.79. The Kier molecular flexibility index (Phi) is 6.78. The van der Waals surface area contributed by atoms with Gasteiger partial charge < -0.3 is 4.90 Å². The van der Waals surface area contributed by atoms with Gasteiger partial charge in [0.05, 0.1) is 6.54 Å². The SMILES string of the molecule is O=C([C@@H](Cl)c1ccccc1)N(Cc1ccccc1)c1cc2ccc1CCc1ccc(cc1)CC2. The van der Waals surface area contributed by atoms with Crippen LogP contribution in [-0.4, -0.2) is 5.91 Å². The molecule has 0 heterocycles. The third-order valence-corrected chi connectivity index (χ3v) is 7.05. The number of rotatable bonds is 5. The van der Waals surface area contributed by atoms with Gasteiger partial charge in [-0.1, -0.05) is 97.1 Å². The van der Waals surface area contributed by atoms with Crippen molar-refractivity contribution in [3.8, 4) is 0 Å². The zero-order chi connectivity index (χ0) is 23.3. The van der Waals surface area contributed by atoms with E-state index in [2.05, 4.69) is 54.6 Å². The quantitative estimate of drug-likeness (QED) is 0.288. The minimum absolute atomic E-state index is 0.0921. The Bertz CT molecular complexity index is 1250. The van der Waals surface area contributed by atoms with E-state index in [1.165, 1.54) is 22.3 Å². The van der Waals surface area contributed by atoms with Gasteiger partial charge in [-0.3, -0.25) is 4.79 Å². The predicted octanol–water partition coefficient (Wildman–Crippen LogP) is 7.08. The predicted molar refractivity (Wildman–Crippen MR) is 140 cm³/mol. The topological polar surface area (TPSA) is 20.3 Å². The van der Waals surface area contributed by atoms with Gasteiger partial charge in [0.15, 0.2) is 0 Å². The summed E-state index contributed by atoms with van der Waals surface area (Å²) < 4.78 is 0. The number of carbonyl (C=O) groups is 1. The van der Waals surface area contributed by atoms with Crippen molar-refractivity contribution in [1.29, 1.82) is 0 Å². The molecule has 0 unspecified atom stereocenters. The van der Waals surface area contributed by atoms with Crippen LogP contribution < -0.4 is 4.90 Å². The number of hydrogen-bond donors (Lipinski definition) is 0. The molecule has 4 bridgehead atoms. The lowest BCUT2D eigenvalue weighted by Crippen LogP contribution is -2.34. The van der Waals surface area contributed by atoms with E-state index in [9.17, 15) is 4.79 Å². The first kappa shape index (κ1) is 22.4. The number of amides is 1. The molecule has 1 atom stereocenters. The fourth-order valence-corrected chi connectivity index (χ4v) is 4.88. The summed E-state index contributed by atoms with van der Waals surface area (Å²) in [7, 11) is 0. The molecule has 3 heteroatoms. The van der Waals surface area contributed by atoms with Crippen LogP contribution in [-0.2, 0) is 37.0 Å². The molecule has 0 radical (unpaired) electrons. The summed E-state index contributed by atoms with van der Waals surface area (Å²) in [5.74, 6) is -0.0921. The first-order valence-electron chi connectivity index (χ1n) is 11.9. The molecule has 0 aliphatic heterocycles. The molecule has 0 fully saturated rings. The molecule has 170 valence electrons. The molecular formula is C31H28ClNO. The second-order valence-corrected chi connectivity index (χ2v) is 9.40. The van der Waals surface area contributed by atoms with Crippen LogP contribution in [0.5, 0.6) is 0 Å². The minimum Gasteiger partial charge on any atom is -0.306 e. The van der Waals surface area contributed by atoms with Gasteiger partial charge in [0.1, 0.15) is 5.38 Å². The van der Waals surface area contributed by atoms with E-state index in [0.29, 0.717) is 6.54 Å². The summed E-state index contributed by atoms with van der Waals surface area (Å²) in [5.41, 5.74) is 7.95. The standard InChI is InChI=1S/C31H28ClNO/c32-30(28-9-5-2-6-10-28)31(34)33(22-26-7-3-1-4-8-26)29-21-25-16-15-23-11-13-24(14-12-23)17-19-27(29)20-18-25/h1-14,18,20-21,30H,15-17,19,22H2/t30-/m0/s1. The first-order chi connectivity index (χ1) is 16.7. The number of anilines is 1. The summed E-state index contributed by atoms with van der Waals surface area (Å²) in [6.45, 7) is 0.486. The lowest BCUT2D eigenvalue weighted by Gasteiger charge is -2.28. The number of hydrogen-bond acceptors (Lipinski definition) is 1. The maximum absolute atomic E-state index is 13.9. The third kappa shape index (κ3) is 5.08. The molecular weight excluding hydrogens is 438 g/mol. The van der Waals surface area contributed by atoms with Crippen molar-refractivity contribution in [2.24, 2.45) is 0 Å². The molecule has 0 spiro atoms. The zero-order valence-electron chi connectivity index (χ0n) is 19.2. The molecule has 4 aromatic rings. The van der Waals surface area contributed by atoms with Crippen LogP contribution in [0.1, 0.15) is 38.8 Å². The van der Waals surface area contributed by atoms with Crippen molar-refractivity contribution < 1.29 is 4.79 Å². The van der Waals surface area contributed by atoms with Crippen LogP contribution in [0.3, 0.4) is 0 Å². The van der Waals surface area contributed by atoms with Gasteiger partial charge in [0, 0.05) is 5.69 Å². The number of alkyl halides is 1. The number of benzene rings is 4. The Balaban J connectivity index is 1.55. The molecule has 0 N–H and O–H groups in total. The van der Waals surface area contributed by atoms with Gasteiger partial charge in [0.2, 0.25) is 5.91 Å². The van der Waals surface area contributed by atoms with Crippen molar-refractivity contribution in [2.45, 2.75) is 37.6 Å². The second kappa shape index (κ2) is 10.3. The van der Waals surface area contributed by atoms with Gasteiger partial charge in [-0.15, -0.1) is 11.6 Å². The van der Waals surface area contributed by atoms with Crippen LogP contribution in [0.2, 0.25) is 0 Å². The van der Waals surface area contributed by atoms with E-state index in [4.69, 9.17) is 11.6 Å². The first-order valence-corrected chi connectivity index (χ1v) is 12.3. The highest BCUT2D eigenvalue weighted by Gasteiger charge is 2.27. The highest BCUT2D eigenvalue weighted by atomic mass is 35.5. The fourth-order valence-electron chi connectivity index (χ4n) is 4.62. The van der Waals surface area contributed by atoms with Crippen molar-refractivity contribution in [3.05, 3.63) is 137 Å². The number of nitrogens with zero attached hydrogens (tertiary/aromatic N) is 1. The van der Waals surface area contributed by atoms with E-state index < -0.39 is 5.38 Å². The van der Waals surface area contributed by atoms with Gasteiger partial charge in [-0.05, 0) is 65.1 Å². The van der Waals surface area contributed by atoms with Crippen LogP contribution in [0.25, 0.3) is 0 Å². The summed E-state index contributed by atoms with van der Waals surface area (Å²) in [4.78, 5) is 15.8. The zero-order valence-corrected chi connectivity index (χ0v) is 19.9. The maximum atomic E-state index is 13.9. The Morgan fingerprint density at radius 3 is 1.94 bits per heavy atom. The lowest BCUT2D eigenvalue weighted by atomic mass is 9.94. The largest absolute Gasteiger partial charge is 0.306 e. The molecule has 0 aromatic heterocycles. The van der Waals surface area contributed by atoms with Crippen LogP contribution in [0.4, 0.5) is 5.69 Å². The molecule has 4 aliphatic rings. The van der Waals surface area contributed by atoms with Crippen LogP contribution in [0.15, 0.2) is 103 Å². The Hall–Kier alpha value is -3.36. The molecule has 4 aromatic carbocycles. The van der Waals surface area contributed by atoms with E-state index in [1.807, 2.05) is 53.4 Å². The summed E-state index contributed by atoms with van der Waals surface area (Å²) in [6, 6.07) is 35.4. The van der Waals surface area contributed by atoms with E-state index >= 15 is 0 Å². The molecule has 4 aliphatic carbocycles. The molecule has 1 amide bonds. The molecule has 0 saturated heterocycles. The Labute approximate surface area is 206 Å². The maximum Gasteiger partial charge on any atom is 0.249 e. The lowest BCUT2D eigenvalue weighted by molar-refractivity contribution is -0.118. The molecule has 34 heavy (non-hydrogen) atoms. The smallest absolute Gasteiger partial charge is 0.249 e. The highest BCUT2D eigenvalue weighted by molar-refractivity contribution is 6.32. The number of halogens is 1. The van der Waals surface area contributed by atoms with Crippen LogP contribution in [0, 0.1) is 0 Å². The number of aryl methyl sites for hydroxylation is 4. The van der Waals surface area contributed by atoms with Crippen LogP contribution >= 0.6 is 11.6 Å². The summed E-state index contributed by atoms with van der Waals surface area (Å²) in [6.07, 6.45) is 3.71. The third-order valence-electron chi connectivity index (χ3n) is 6.61. The van der Waals surface area contributed by atoms with Gasteiger partial charge >= 0.3 is 0 Å². The van der Waals surface area contributed by atoms with Crippen molar-refractivity contribution in [2.75, 3.05) is 4.90 Å². The normalized spacial score (nSPS) is 13.7. The molecule has 0 saturated carbocycles. The second-order valence-electron chi connectivity index (χ2n) is 8.96. The van der Waals surface area contributed by atoms with Crippen molar-refractivity contribution >= 4 is 23.2 Å². The highest BCUT2D eigenvalue weighted by Crippen LogP contribution is 2.32. The van der Waals surface area contributed by atoms with Gasteiger partial charge in [0.25, 0.3) is 0 Å². The molecule has 2 nitrogen and oxygen atoms in total. The van der Waals surface area contributed by atoms with Gasteiger partial charge in [-0.25, -0.2) is 0 Å². The van der Waals surface area contributed by atoms with Crippen molar-refractivity contribution in [3.63, 3.8) is 0 Å². The van der Waals surface area contributed by atoms with Gasteiger partial charge in [-0.2, -0.15) is 0 Å². The summed E-state index contributed by atoms with van der Waals surface area (Å²) in [5, 5.41) is -0.743. The monoisotopic (exact) mass is 465 g/mol. The average molecular weight is 466 g/mol. The fraction of sp³-hybridized carbons (Fsp3) is 0.194. The number of carbonyl (C=O) groups excluding carboxylic acids is 1. The van der Waals surface area contributed by atoms with E-state index in [0.717, 1.165) is 42.5 Å². The van der Waals surface area contributed by atoms with Crippen molar-refractivity contribution in [1.82, 2.24) is 0 Å². The average Bonchev–Trinajstić information content (AvgIpc) is 2.89. The molecule has 8 rings (SSSR count).